The van der Waals surface area contributed by atoms with Crippen molar-refractivity contribution in [3.8, 4) is 11.6 Å². The van der Waals surface area contributed by atoms with Crippen LogP contribution in [0.5, 0.6) is 11.6 Å². The highest BCUT2D eigenvalue weighted by atomic mass is 16.5. The summed E-state index contributed by atoms with van der Waals surface area (Å²) in [4.78, 5) is 8.56. The maximum absolute atomic E-state index is 5.68. The molecule has 25 heavy (non-hydrogen) atoms. The van der Waals surface area contributed by atoms with Crippen LogP contribution in [-0.4, -0.2) is 31.7 Å². The fourth-order valence-corrected chi connectivity index (χ4v) is 2.31. The zero-order chi connectivity index (χ0) is 17.9. The molecule has 0 aliphatic carbocycles. The maximum Gasteiger partial charge on any atom is 0.218 e. The average Bonchev–Trinajstić information content (AvgIpc) is 2.67. The van der Waals surface area contributed by atoms with Gasteiger partial charge in [0.1, 0.15) is 5.75 Å². The number of para-hydroxylation sites is 1. The van der Waals surface area contributed by atoms with E-state index in [2.05, 4.69) is 27.5 Å². The standard InChI is InChI=1S/C19H26N4O2/c1-4-12-25-18-16(9-7-11-21-18)14-23-19(20-2)22-13-15-8-5-6-10-17(15)24-3/h5-11H,4,12-14H2,1-3H3,(H2,20,22,23). The van der Waals surface area contributed by atoms with Gasteiger partial charge >= 0.3 is 0 Å². The highest BCUT2D eigenvalue weighted by Gasteiger charge is 2.07. The second-order valence-electron chi connectivity index (χ2n) is 5.41. The summed E-state index contributed by atoms with van der Waals surface area (Å²) < 4.78 is 11.1. The van der Waals surface area contributed by atoms with Crippen molar-refractivity contribution in [2.24, 2.45) is 4.99 Å². The Morgan fingerprint density at radius 1 is 1.08 bits per heavy atom. The predicted octanol–water partition coefficient (Wildman–Crippen LogP) is 2.74. The Morgan fingerprint density at radius 3 is 2.52 bits per heavy atom. The van der Waals surface area contributed by atoms with E-state index in [9.17, 15) is 0 Å². The summed E-state index contributed by atoms with van der Waals surface area (Å²) in [7, 11) is 3.42. The number of rotatable bonds is 8. The number of ether oxygens (including phenoxy) is 2. The molecule has 0 saturated carbocycles. The molecule has 6 nitrogen and oxygen atoms in total. The van der Waals surface area contributed by atoms with Gasteiger partial charge in [0.05, 0.1) is 13.7 Å². The summed E-state index contributed by atoms with van der Waals surface area (Å²) in [5.41, 5.74) is 2.07. The van der Waals surface area contributed by atoms with E-state index in [1.54, 1.807) is 20.4 Å². The number of hydrogen-bond acceptors (Lipinski definition) is 4. The highest BCUT2D eigenvalue weighted by molar-refractivity contribution is 5.79. The average molecular weight is 342 g/mol. The lowest BCUT2D eigenvalue weighted by Gasteiger charge is -2.15. The Labute approximate surface area is 149 Å². The maximum atomic E-state index is 5.68. The van der Waals surface area contributed by atoms with Crippen molar-refractivity contribution in [3.63, 3.8) is 0 Å². The smallest absolute Gasteiger partial charge is 0.218 e. The van der Waals surface area contributed by atoms with Crippen molar-refractivity contribution in [1.29, 1.82) is 0 Å². The highest BCUT2D eigenvalue weighted by Crippen LogP contribution is 2.17. The molecular formula is C19H26N4O2. The summed E-state index contributed by atoms with van der Waals surface area (Å²) in [6, 6.07) is 11.8. The van der Waals surface area contributed by atoms with E-state index in [1.165, 1.54) is 0 Å². The number of nitrogens with zero attached hydrogens (tertiary/aromatic N) is 2. The lowest BCUT2D eigenvalue weighted by atomic mass is 10.2. The molecule has 0 fully saturated rings. The largest absolute Gasteiger partial charge is 0.496 e. The van der Waals surface area contributed by atoms with Crippen LogP contribution in [0.1, 0.15) is 24.5 Å². The van der Waals surface area contributed by atoms with Crippen LogP contribution >= 0.6 is 0 Å². The van der Waals surface area contributed by atoms with E-state index >= 15 is 0 Å². The zero-order valence-electron chi connectivity index (χ0n) is 15.1. The predicted molar refractivity (Wildman–Crippen MR) is 100 cm³/mol. The van der Waals surface area contributed by atoms with Gasteiger partial charge in [-0.25, -0.2) is 4.98 Å². The lowest BCUT2D eigenvalue weighted by Crippen LogP contribution is -2.36. The molecule has 6 heteroatoms. The van der Waals surface area contributed by atoms with Crippen LogP contribution in [0.25, 0.3) is 0 Å². The summed E-state index contributed by atoms with van der Waals surface area (Å²) in [5.74, 6) is 2.22. The van der Waals surface area contributed by atoms with Crippen molar-refractivity contribution >= 4 is 5.96 Å². The van der Waals surface area contributed by atoms with E-state index in [-0.39, 0.29) is 0 Å². The molecule has 2 rings (SSSR count). The Morgan fingerprint density at radius 2 is 1.80 bits per heavy atom. The zero-order valence-corrected chi connectivity index (χ0v) is 15.1. The number of benzene rings is 1. The van der Waals surface area contributed by atoms with E-state index in [0.717, 1.165) is 23.3 Å². The van der Waals surface area contributed by atoms with E-state index < -0.39 is 0 Å². The van der Waals surface area contributed by atoms with Crippen molar-refractivity contribution < 1.29 is 9.47 Å². The molecule has 2 N–H and O–H groups in total. The van der Waals surface area contributed by atoms with Gasteiger partial charge in [-0.15, -0.1) is 0 Å². The summed E-state index contributed by atoms with van der Waals surface area (Å²) in [6.07, 6.45) is 2.69. The van der Waals surface area contributed by atoms with Gasteiger partial charge in [0.25, 0.3) is 0 Å². The Hall–Kier alpha value is -2.76. The number of methoxy groups -OCH3 is 1. The third-order valence-corrected chi connectivity index (χ3v) is 3.60. The third kappa shape index (κ3) is 5.67. The van der Waals surface area contributed by atoms with Gasteiger partial charge in [-0.1, -0.05) is 31.2 Å². The van der Waals surface area contributed by atoms with E-state index in [1.807, 2.05) is 36.4 Å². The molecule has 134 valence electrons. The second kappa shape index (κ2) is 10.2. The van der Waals surface area contributed by atoms with Crippen LogP contribution in [0, 0.1) is 0 Å². The molecule has 0 atom stereocenters. The van der Waals surface area contributed by atoms with Gasteiger partial charge in [-0.3, -0.25) is 4.99 Å². The molecule has 1 aromatic heterocycles. The van der Waals surface area contributed by atoms with Crippen molar-refractivity contribution in [2.75, 3.05) is 20.8 Å². The number of guanidine groups is 1. The third-order valence-electron chi connectivity index (χ3n) is 3.60. The first-order valence-corrected chi connectivity index (χ1v) is 8.41. The Kier molecular flexibility index (Phi) is 7.56. The first kappa shape index (κ1) is 18.6. The van der Waals surface area contributed by atoms with Crippen molar-refractivity contribution in [1.82, 2.24) is 15.6 Å². The molecular weight excluding hydrogens is 316 g/mol. The van der Waals surface area contributed by atoms with Gasteiger partial charge in [0, 0.05) is 37.5 Å². The molecule has 0 saturated heterocycles. The van der Waals surface area contributed by atoms with Crippen LogP contribution < -0.4 is 20.1 Å². The van der Waals surface area contributed by atoms with Crippen molar-refractivity contribution in [2.45, 2.75) is 26.4 Å². The molecule has 1 aromatic carbocycles. The monoisotopic (exact) mass is 342 g/mol. The fourth-order valence-electron chi connectivity index (χ4n) is 2.31. The molecule has 0 bridgehead atoms. The molecule has 0 amide bonds. The number of pyridine rings is 1. The molecule has 0 aliphatic heterocycles. The second-order valence-corrected chi connectivity index (χ2v) is 5.41. The van der Waals surface area contributed by atoms with Gasteiger partial charge in [0.2, 0.25) is 5.88 Å². The van der Waals surface area contributed by atoms with Gasteiger partial charge in [-0.2, -0.15) is 0 Å². The van der Waals surface area contributed by atoms with Crippen LogP contribution in [-0.2, 0) is 13.1 Å². The van der Waals surface area contributed by atoms with Crippen LogP contribution in [0.4, 0.5) is 0 Å². The number of aromatic nitrogens is 1. The normalized spacial score (nSPS) is 11.1. The van der Waals surface area contributed by atoms with Crippen LogP contribution in [0.2, 0.25) is 0 Å². The van der Waals surface area contributed by atoms with Gasteiger partial charge < -0.3 is 20.1 Å². The summed E-state index contributed by atoms with van der Waals surface area (Å²) in [6.45, 7) is 3.93. The van der Waals surface area contributed by atoms with E-state index in [0.29, 0.717) is 31.5 Å². The minimum Gasteiger partial charge on any atom is -0.496 e. The first-order chi connectivity index (χ1) is 12.3. The summed E-state index contributed by atoms with van der Waals surface area (Å²) >= 11 is 0. The molecule has 1 heterocycles. The van der Waals surface area contributed by atoms with Gasteiger partial charge in [-0.05, 0) is 18.6 Å². The molecule has 0 unspecified atom stereocenters. The molecule has 0 radical (unpaired) electrons. The molecule has 2 aromatic rings. The lowest BCUT2D eigenvalue weighted by molar-refractivity contribution is 0.301. The quantitative estimate of drug-likeness (QED) is 0.570. The van der Waals surface area contributed by atoms with Crippen LogP contribution in [0.15, 0.2) is 47.6 Å². The molecule has 0 spiro atoms. The molecule has 0 aliphatic rings. The Bertz CT molecular complexity index is 689. The minimum atomic E-state index is 0.582. The summed E-state index contributed by atoms with van der Waals surface area (Å²) in [5, 5.41) is 6.58. The number of nitrogens with one attached hydrogen (secondary N) is 2. The topological polar surface area (TPSA) is 67.8 Å². The van der Waals surface area contributed by atoms with E-state index in [4.69, 9.17) is 9.47 Å². The number of hydrogen-bond donors (Lipinski definition) is 2. The van der Waals surface area contributed by atoms with Crippen LogP contribution in [0.3, 0.4) is 0 Å². The SMILES string of the molecule is CCCOc1ncccc1CNC(=NC)NCc1ccccc1OC. The van der Waals surface area contributed by atoms with Crippen molar-refractivity contribution in [3.05, 3.63) is 53.7 Å². The Balaban J connectivity index is 1.93. The minimum absolute atomic E-state index is 0.582. The number of aliphatic imine (C=N–C) groups is 1. The first-order valence-electron chi connectivity index (χ1n) is 8.41. The van der Waals surface area contributed by atoms with Gasteiger partial charge in [0.15, 0.2) is 5.96 Å². The fraction of sp³-hybridized carbons (Fsp3) is 0.368.